The zero-order valence-corrected chi connectivity index (χ0v) is 8.27. The molecule has 0 aromatic carbocycles. The maximum absolute atomic E-state index is 4.90. The predicted octanol–water partition coefficient (Wildman–Crippen LogP) is 1.02. The Balaban J connectivity index is 2.53. The average Bonchev–Trinajstić information content (AvgIpc) is 2.52. The second kappa shape index (κ2) is 4.67. The van der Waals surface area contributed by atoms with Crippen LogP contribution in [-0.2, 0) is 11.8 Å². The van der Waals surface area contributed by atoms with Crippen LogP contribution in [0.1, 0.15) is 0 Å². The molecule has 0 bridgehead atoms. The largest absolute Gasteiger partial charge is 0.381 e. The standard InChI is InChI=1S/C9H15N3O/c1-11(5-4-6-13-3)9-7-10-12(2)8-9/h4-5,7-8H,6H2,1-3H3/b5-4+. The highest BCUT2D eigenvalue weighted by molar-refractivity contribution is 5.44. The number of methoxy groups -OCH3 is 1. The minimum atomic E-state index is 0.630. The van der Waals surface area contributed by atoms with E-state index in [1.807, 2.05) is 43.7 Å². The summed E-state index contributed by atoms with van der Waals surface area (Å²) < 4.78 is 6.67. The molecule has 4 heteroatoms. The number of aromatic nitrogens is 2. The molecular formula is C9H15N3O. The molecule has 1 aromatic rings. The highest BCUT2D eigenvalue weighted by atomic mass is 16.5. The van der Waals surface area contributed by atoms with E-state index in [0.717, 1.165) is 5.69 Å². The Morgan fingerprint density at radius 1 is 1.69 bits per heavy atom. The third-order valence-electron chi connectivity index (χ3n) is 1.69. The Kier molecular flexibility index (Phi) is 3.52. The topological polar surface area (TPSA) is 30.3 Å². The molecule has 0 saturated heterocycles. The van der Waals surface area contributed by atoms with Gasteiger partial charge in [-0.2, -0.15) is 5.10 Å². The van der Waals surface area contributed by atoms with Crippen molar-refractivity contribution in [2.45, 2.75) is 0 Å². The molecular weight excluding hydrogens is 166 g/mol. The van der Waals surface area contributed by atoms with Gasteiger partial charge in [0.2, 0.25) is 0 Å². The van der Waals surface area contributed by atoms with Crippen LogP contribution in [0.25, 0.3) is 0 Å². The summed E-state index contributed by atoms with van der Waals surface area (Å²) in [5, 5.41) is 4.08. The van der Waals surface area contributed by atoms with Gasteiger partial charge in [-0.05, 0) is 6.08 Å². The van der Waals surface area contributed by atoms with E-state index < -0.39 is 0 Å². The second-order valence-electron chi connectivity index (χ2n) is 2.82. The summed E-state index contributed by atoms with van der Waals surface area (Å²) in [4.78, 5) is 1.99. The van der Waals surface area contributed by atoms with Crippen molar-refractivity contribution in [1.29, 1.82) is 0 Å². The lowest BCUT2D eigenvalue weighted by Crippen LogP contribution is -2.07. The second-order valence-corrected chi connectivity index (χ2v) is 2.82. The molecule has 1 heterocycles. The maximum atomic E-state index is 4.90. The highest BCUT2D eigenvalue weighted by Crippen LogP contribution is 2.09. The van der Waals surface area contributed by atoms with Crippen molar-refractivity contribution < 1.29 is 4.74 Å². The van der Waals surface area contributed by atoms with Gasteiger partial charge in [0.1, 0.15) is 0 Å². The van der Waals surface area contributed by atoms with Crippen LogP contribution in [0, 0.1) is 0 Å². The number of hydrogen-bond acceptors (Lipinski definition) is 3. The molecule has 0 N–H and O–H groups in total. The number of anilines is 1. The summed E-state index contributed by atoms with van der Waals surface area (Å²) in [6.45, 7) is 0.630. The molecule has 0 atom stereocenters. The molecule has 0 aliphatic heterocycles. The van der Waals surface area contributed by atoms with Crippen LogP contribution in [0.4, 0.5) is 5.69 Å². The van der Waals surface area contributed by atoms with Gasteiger partial charge in [0.15, 0.2) is 0 Å². The summed E-state index contributed by atoms with van der Waals surface area (Å²) in [5.74, 6) is 0. The normalized spacial score (nSPS) is 11.0. The predicted molar refractivity (Wildman–Crippen MR) is 52.6 cm³/mol. The van der Waals surface area contributed by atoms with Crippen LogP contribution in [0.3, 0.4) is 0 Å². The molecule has 0 radical (unpaired) electrons. The van der Waals surface area contributed by atoms with E-state index in [4.69, 9.17) is 4.74 Å². The first kappa shape index (κ1) is 9.80. The Hall–Kier alpha value is -1.29. The molecule has 4 nitrogen and oxygen atoms in total. The van der Waals surface area contributed by atoms with Crippen LogP contribution >= 0.6 is 0 Å². The van der Waals surface area contributed by atoms with Gasteiger partial charge in [-0.25, -0.2) is 0 Å². The first-order chi connectivity index (χ1) is 6.24. The Bertz CT molecular complexity index is 280. The number of hydrogen-bond donors (Lipinski definition) is 0. The molecule has 0 aliphatic carbocycles. The summed E-state index contributed by atoms with van der Waals surface area (Å²) in [7, 11) is 5.55. The molecule has 0 spiro atoms. The van der Waals surface area contributed by atoms with Crippen molar-refractivity contribution >= 4 is 5.69 Å². The number of nitrogens with zero attached hydrogens (tertiary/aromatic N) is 3. The van der Waals surface area contributed by atoms with Crippen LogP contribution in [0.15, 0.2) is 24.7 Å². The summed E-state index contributed by atoms with van der Waals surface area (Å²) in [6.07, 6.45) is 7.68. The molecule has 13 heavy (non-hydrogen) atoms. The summed E-state index contributed by atoms with van der Waals surface area (Å²) in [5.41, 5.74) is 1.06. The van der Waals surface area contributed by atoms with Crippen molar-refractivity contribution in [2.24, 2.45) is 7.05 Å². The molecule has 1 aromatic heterocycles. The number of ether oxygens (including phenoxy) is 1. The van der Waals surface area contributed by atoms with Gasteiger partial charge in [0.05, 0.1) is 18.5 Å². The van der Waals surface area contributed by atoms with Gasteiger partial charge in [0, 0.05) is 33.6 Å². The van der Waals surface area contributed by atoms with Gasteiger partial charge in [-0.3, -0.25) is 4.68 Å². The van der Waals surface area contributed by atoms with E-state index in [1.165, 1.54) is 0 Å². The SMILES string of the molecule is COC/C=C/N(C)c1cnn(C)c1. The van der Waals surface area contributed by atoms with E-state index in [1.54, 1.807) is 11.8 Å². The average molecular weight is 181 g/mol. The number of rotatable bonds is 4. The van der Waals surface area contributed by atoms with Crippen molar-refractivity contribution in [3.05, 3.63) is 24.7 Å². The van der Waals surface area contributed by atoms with Gasteiger partial charge in [-0.1, -0.05) is 0 Å². The van der Waals surface area contributed by atoms with E-state index in [0.29, 0.717) is 6.61 Å². The van der Waals surface area contributed by atoms with Crippen molar-refractivity contribution in [1.82, 2.24) is 9.78 Å². The minimum Gasteiger partial charge on any atom is -0.381 e. The molecule has 0 amide bonds. The Labute approximate surface area is 78.4 Å². The van der Waals surface area contributed by atoms with Gasteiger partial charge in [0.25, 0.3) is 0 Å². The van der Waals surface area contributed by atoms with Crippen LogP contribution in [0.5, 0.6) is 0 Å². The lowest BCUT2D eigenvalue weighted by molar-refractivity contribution is 0.233. The molecule has 0 unspecified atom stereocenters. The van der Waals surface area contributed by atoms with E-state index >= 15 is 0 Å². The van der Waals surface area contributed by atoms with Gasteiger partial charge >= 0.3 is 0 Å². The quantitative estimate of drug-likeness (QED) is 0.694. The summed E-state index contributed by atoms with van der Waals surface area (Å²) >= 11 is 0. The van der Waals surface area contributed by atoms with E-state index in [9.17, 15) is 0 Å². The Morgan fingerprint density at radius 2 is 2.46 bits per heavy atom. The molecule has 0 saturated carbocycles. The monoisotopic (exact) mass is 181 g/mol. The molecule has 1 rings (SSSR count). The van der Waals surface area contributed by atoms with Crippen LogP contribution in [0.2, 0.25) is 0 Å². The number of aryl methyl sites for hydroxylation is 1. The molecule has 0 fully saturated rings. The molecule has 0 aliphatic rings. The van der Waals surface area contributed by atoms with Crippen LogP contribution in [-0.4, -0.2) is 30.5 Å². The van der Waals surface area contributed by atoms with Gasteiger partial charge < -0.3 is 9.64 Å². The summed E-state index contributed by atoms with van der Waals surface area (Å²) in [6, 6.07) is 0. The highest BCUT2D eigenvalue weighted by Gasteiger charge is 1.97. The molecule has 72 valence electrons. The van der Waals surface area contributed by atoms with Crippen molar-refractivity contribution in [3.63, 3.8) is 0 Å². The zero-order chi connectivity index (χ0) is 9.68. The first-order valence-corrected chi connectivity index (χ1v) is 4.11. The van der Waals surface area contributed by atoms with Crippen molar-refractivity contribution in [3.8, 4) is 0 Å². The lowest BCUT2D eigenvalue weighted by Gasteiger charge is -2.09. The van der Waals surface area contributed by atoms with Crippen molar-refractivity contribution in [2.75, 3.05) is 25.7 Å². The zero-order valence-electron chi connectivity index (χ0n) is 8.27. The van der Waals surface area contributed by atoms with Crippen LogP contribution < -0.4 is 4.90 Å². The van der Waals surface area contributed by atoms with E-state index in [-0.39, 0.29) is 0 Å². The smallest absolute Gasteiger partial charge is 0.0789 e. The fraction of sp³-hybridized carbons (Fsp3) is 0.444. The fourth-order valence-electron chi connectivity index (χ4n) is 0.974. The fourth-order valence-corrected chi connectivity index (χ4v) is 0.974. The van der Waals surface area contributed by atoms with E-state index in [2.05, 4.69) is 5.10 Å². The minimum absolute atomic E-state index is 0.630. The van der Waals surface area contributed by atoms with Gasteiger partial charge in [-0.15, -0.1) is 0 Å². The first-order valence-electron chi connectivity index (χ1n) is 4.11. The third-order valence-corrected chi connectivity index (χ3v) is 1.69. The lowest BCUT2D eigenvalue weighted by atomic mass is 10.5. The maximum Gasteiger partial charge on any atom is 0.0789 e. The third kappa shape index (κ3) is 2.91. The Morgan fingerprint density at radius 3 is 3.00 bits per heavy atom.